The van der Waals surface area contributed by atoms with E-state index in [-0.39, 0.29) is 11.0 Å². The van der Waals surface area contributed by atoms with E-state index in [2.05, 4.69) is 10.2 Å². The molecule has 0 aliphatic heterocycles. The molecule has 0 fully saturated rings. The quantitative estimate of drug-likeness (QED) is 0.636. The van der Waals surface area contributed by atoms with Gasteiger partial charge >= 0.3 is 0 Å². The SMILES string of the molecule is Cc1ccc(C(=O)C(C)Sc2nnc(C)n2C)cc1. The summed E-state index contributed by atoms with van der Waals surface area (Å²) in [4.78, 5) is 12.3. The zero-order chi connectivity index (χ0) is 14.0. The van der Waals surface area contributed by atoms with E-state index in [1.165, 1.54) is 11.8 Å². The Morgan fingerprint density at radius 2 is 1.84 bits per heavy atom. The molecule has 1 aromatic heterocycles. The van der Waals surface area contributed by atoms with Crippen LogP contribution in [0.4, 0.5) is 0 Å². The maximum Gasteiger partial charge on any atom is 0.191 e. The maximum absolute atomic E-state index is 12.3. The fraction of sp³-hybridized carbons (Fsp3) is 0.357. The molecule has 0 saturated carbocycles. The fourth-order valence-corrected chi connectivity index (χ4v) is 2.59. The summed E-state index contributed by atoms with van der Waals surface area (Å²) < 4.78 is 1.89. The monoisotopic (exact) mass is 275 g/mol. The molecule has 0 amide bonds. The summed E-state index contributed by atoms with van der Waals surface area (Å²) in [5, 5.41) is 8.66. The van der Waals surface area contributed by atoms with Crippen LogP contribution in [0.25, 0.3) is 0 Å². The van der Waals surface area contributed by atoms with Crippen LogP contribution in [-0.4, -0.2) is 25.8 Å². The molecule has 0 saturated heterocycles. The van der Waals surface area contributed by atoms with E-state index in [1.807, 2.05) is 56.7 Å². The van der Waals surface area contributed by atoms with Gasteiger partial charge in [-0.3, -0.25) is 4.79 Å². The van der Waals surface area contributed by atoms with Crippen molar-refractivity contribution in [2.75, 3.05) is 0 Å². The minimum absolute atomic E-state index is 0.116. The second-order valence-electron chi connectivity index (χ2n) is 4.58. The first-order valence-electron chi connectivity index (χ1n) is 6.12. The molecule has 4 nitrogen and oxygen atoms in total. The topological polar surface area (TPSA) is 47.8 Å². The lowest BCUT2D eigenvalue weighted by Crippen LogP contribution is -2.14. The van der Waals surface area contributed by atoms with Crippen molar-refractivity contribution in [1.82, 2.24) is 14.8 Å². The van der Waals surface area contributed by atoms with Gasteiger partial charge in [0.05, 0.1) is 5.25 Å². The summed E-state index contributed by atoms with van der Waals surface area (Å²) in [6, 6.07) is 7.65. The number of rotatable bonds is 4. The normalized spacial score (nSPS) is 12.4. The number of carbonyl (C=O) groups excluding carboxylic acids is 1. The Bertz CT molecular complexity index is 589. The average Bonchev–Trinajstić information content (AvgIpc) is 2.71. The molecule has 0 N–H and O–H groups in total. The van der Waals surface area contributed by atoms with Crippen molar-refractivity contribution in [2.45, 2.75) is 31.2 Å². The number of aryl methyl sites for hydroxylation is 2. The third kappa shape index (κ3) is 3.04. The first-order valence-corrected chi connectivity index (χ1v) is 7.00. The zero-order valence-corrected chi connectivity index (χ0v) is 12.4. The third-order valence-electron chi connectivity index (χ3n) is 3.04. The maximum atomic E-state index is 12.3. The second kappa shape index (κ2) is 5.57. The van der Waals surface area contributed by atoms with Crippen LogP contribution in [0.1, 0.15) is 28.7 Å². The molecule has 1 heterocycles. The Labute approximate surface area is 117 Å². The summed E-state index contributed by atoms with van der Waals surface area (Å²) in [5.74, 6) is 0.961. The molecule has 2 aromatic rings. The summed E-state index contributed by atoms with van der Waals surface area (Å²) >= 11 is 1.44. The average molecular weight is 275 g/mol. The minimum atomic E-state index is -0.176. The van der Waals surface area contributed by atoms with Crippen LogP contribution < -0.4 is 0 Å². The van der Waals surface area contributed by atoms with E-state index in [4.69, 9.17) is 0 Å². The highest BCUT2D eigenvalue weighted by atomic mass is 32.2. The van der Waals surface area contributed by atoms with Gasteiger partial charge in [-0.1, -0.05) is 41.6 Å². The van der Waals surface area contributed by atoms with Crippen LogP contribution in [-0.2, 0) is 7.05 Å². The van der Waals surface area contributed by atoms with Crippen LogP contribution in [0, 0.1) is 13.8 Å². The van der Waals surface area contributed by atoms with Crippen molar-refractivity contribution in [3.8, 4) is 0 Å². The van der Waals surface area contributed by atoms with Gasteiger partial charge in [0.2, 0.25) is 0 Å². The first kappa shape index (κ1) is 13.8. The number of hydrogen-bond donors (Lipinski definition) is 0. The number of aromatic nitrogens is 3. The van der Waals surface area contributed by atoms with Gasteiger partial charge in [0.1, 0.15) is 5.82 Å². The van der Waals surface area contributed by atoms with Gasteiger partial charge in [0.15, 0.2) is 10.9 Å². The van der Waals surface area contributed by atoms with Crippen molar-refractivity contribution < 1.29 is 4.79 Å². The van der Waals surface area contributed by atoms with Gasteiger partial charge < -0.3 is 4.57 Å². The van der Waals surface area contributed by atoms with Crippen molar-refractivity contribution in [3.05, 3.63) is 41.2 Å². The summed E-state index contributed by atoms with van der Waals surface area (Å²) in [5.41, 5.74) is 1.89. The van der Waals surface area contributed by atoms with Gasteiger partial charge in [-0.05, 0) is 20.8 Å². The van der Waals surface area contributed by atoms with Crippen molar-refractivity contribution in [1.29, 1.82) is 0 Å². The zero-order valence-electron chi connectivity index (χ0n) is 11.5. The van der Waals surface area contributed by atoms with Gasteiger partial charge in [0.25, 0.3) is 0 Å². The van der Waals surface area contributed by atoms with E-state index < -0.39 is 0 Å². The Morgan fingerprint density at radius 1 is 1.21 bits per heavy atom. The van der Waals surface area contributed by atoms with Gasteiger partial charge in [-0.25, -0.2) is 0 Å². The van der Waals surface area contributed by atoms with Crippen molar-refractivity contribution >= 4 is 17.5 Å². The molecule has 0 radical (unpaired) electrons. The van der Waals surface area contributed by atoms with E-state index in [9.17, 15) is 4.79 Å². The summed E-state index contributed by atoms with van der Waals surface area (Å²) in [7, 11) is 1.90. The molecule has 1 unspecified atom stereocenters. The van der Waals surface area contributed by atoms with Crippen LogP contribution in [0.15, 0.2) is 29.4 Å². The number of ketones is 1. The number of thioether (sulfide) groups is 1. The number of Topliss-reactive ketones (excluding diaryl/α,β-unsaturated/α-hetero) is 1. The van der Waals surface area contributed by atoms with E-state index in [0.717, 1.165) is 22.1 Å². The lowest BCUT2D eigenvalue weighted by atomic mass is 10.1. The predicted octanol–water partition coefficient (Wildman–Crippen LogP) is 2.80. The molecule has 2 rings (SSSR count). The fourth-order valence-electron chi connectivity index (χ4n) is 1.65. The molecule has 0 aliphatic carbocycles. The standard InChI is InChI=1S/C14H17N3OS/c1-9-5-7-12(8-6-9)13(18)10(2)19-14-16-15-11(3)17(14)4/h5-8,10H,1-4H3. The lowest BCUT2D eigenvalue weighted by Gasteiger charge is -2.09. The Balaban J connectivity index is 2.11. The molecule has 0 aliphatic rings. The van der Waals surface area contributed by atoms with Crippen molar-refractivity contribution in [2.24, 2.45) is 7.05 Å². The van der Waals surface area contributed by atoms with E-state index in [1.54, 1.807) is 0 Å². The Kier molecular flexibility index (Phi) is 4.04. The summed E-state index contributed by atoms with van der Waals surface area (Å²) in [6.45, 7) is 5.80. The van der Waals surface area contributed by atoms with Crippen LogP contribution in [0.3, 0.4) is 0 Å². The highest BCUT2D eigenvalue weighted by Crippen LogP contribution is 2.24. The van der Waals surface area contributed by atoms with Crippen LogP contribution in [0.5, 0.6) is 0 Å². The Morgan fingerprint density at radius 3 is 2.37 bits per heavy atom. The van der Waals surface area contributed by atoms with E-state index in [0.29, 0.717) is 0 Å². The molecule has 0 spiro atoms. The minimum Gasteiger partial charge on any atom is -0.309 e. The first-order chi connectivity index (χ1) is 8.99. The molecule has 5 heteroatoms. The molecular weight excluding hydrogens is 258 g/mol. The molecule has 0 bridgehead atoms. The smallest absolute Gasteiger partial charge is 0.191 e. The van der Waals surface area contributed by atoms with Crippen LogP contribution >= 0.6 is 11.8 Å². The highest BCUT2D eigenvalue weighted by molar-refractivity contribution is 8.00. The number of hydrogen-bond acceptors (Lipinski definition) is 4. The second-order valence-corrected chi connectivity index (χ2v) is 5.89. The number of carbonyl (C=O) groups is 1. The number of benzene rings is 1. The van der Waals surface area contributed by atoms with Crippen molar-refractivity contribution in [3.63, 3.8) is 0 Å². The Hall–Kier alpha value is -1.62. The number of nitrogens with zero attached hydrogens (tertiary/aromatic N) is 3. The molecular formula is C14H17N3OS. The van der Waals surface area contributed by atoms with Crippen LogP contribution in [0.2, 0.25) is 0 Å². The van der Waals surface area contributed by atoms with Gasteiger partial charge in [0, 0.05) is 12.6 Å². The van der Waals surface area contributed by atoms with Gasteiger partial charge in [-0.2, -0.15) is 0 Å². The lowest BCUT2D eigenvalue weighted by molar-refractivity contribution is 0.0994. The molecule has 100 valence electrons. The van der Waals surface area contributed by atoms with E-state index >= 15 is 0 Å². The summed E-state index contributed by atoms with van der Waals surface area (Å²) in [6.07, 6.45) is 0. The molecule has 19 heavy (non-hydrogen) atoms. The highest BCUT2D eigenvalue weighted by Gasteiger charge is 2.19. The van der Waals surface area contributed by atoms with Gasteiger partial charge in [-0.15, -0.1) is 10.2 Å². The third-order valence-corrected chi connectivity index (χ3v) is 4.17. The predicted molar refractivity (Wildman–Crippen MR) is 76.6 cm³/mol. The molecule has 1 aromatic carbocycles. The largest absolute Gasteiger partial charge is 0.309 e. The molecule has 1 atom stereocenters.